The van der Waals surface area contributed by atoms with Crippen molar-refractivity contribution in [2.75, 3.05) is 6.26 Å². The van der Waals surface area contributed by atoms with E-state index in [1.165, 1.54) is 36.0 Å². The van der Waals surface area contributed by atoms with Crippen LogP contribution in [0.15, 0.2) is 67.5 Å². The van der Waals surface area contributed by atoms with Crippen molar-refractivity contribution in [1.82, 2.24) is 5.32 Å². The Bertz CT molecular complexity index is 1340. The van der Waals surface area contributed by atoms with E-state index in [1.807, 2.05) is 0 Å². The van der Waals surface area contributed by atoms with Crippen molar-refractivity contribution < 1.29 is 23.1 Å². The van der Waals surface area contributed by atoms with Crippen molar-refractivity contribution >= 4 is 62.0 Å². The predicted molar refractivity (Wildman–Crippen MR) is 138 cm³/mol. The van der Waals surface area contributed by atoms with Crippen molar-refractivity contribution in [3.63, 3.8) is 0 Å². The predicted octanol–water partition coefficient (Wildman–Crippen LogP) is 6.51. The van der Waals surface area contributed by atoms with Crippen molar-refractivity contribution in [3.05, 3.63) is 53.6 Å². The number of halogens is 1. The van der Waals surface area contributed by atoms with Crippen LogP contribution in [0.4, 0.5) is 9.80 Å². The van der Waals surface area contributed by atoms with Gasteiger partial charge in [0.1, 0.15) is 16.4 Å². The highest BCUT2D eigenvalue weighted by molar-refractivity contribution is 8.01. The first-order valence-electron chi connectivity index (χ1n) is 9.94. The summed E-state index contributed by atoms with van der Waals surface area (Å²) in [7, 11) is -3.99. The van der Waals surface area contributed by atoms with Crippen LogP contribution in [0.3, 0.4) is 0 Å². The second-order valence-corrected chi connectivity index (χ2v) is 12.5. The van der Waals surface area contributed by atoms with E-state index in [0.717, 1.165) is 17.7 Å². The Morgan fingerprint density at radius 3 is 2.56 bits per heavy atom. The van der Waals surface area contributed by atoms with Gasteiger partial charge in [0, 0.05) is 10.6 Å². The fourth-order valence-corrected chi connectivity index (χ4v) is 7.04. The van der Waals surface area contributed by atoms with Gasteiger partial charge in [-0.15, -0.1) is 23.1 Å². The maximum absolute atomic E-state index is 13.5. The third kappa shape index (κ3) is 6.32. The molecule has 1 heterocycles. The van der Waals surface area contributed by atoms with Gasteiger partial charge in [-0.1, -0.05) is 29.8 Å². The number of carbonyl (C=O) groups is 1. The maximum Gasteiger partial charge on any atom is 0.412 e. The minimum atomic E-state index is -3.99. The Morgan fingerprint density at radius 1 is 1.21 bits per heavy atom. The number of thiophene rings is 1. The fourth-order valence-electron chi connectivity index (χ4n) is 2.91. The highest BCUT2D eigenvalue weighted by Crippen LogP contribution is 2.42. The van der Waals surface area contributed by atoms with Crippen molar-refractivity contribution in [3.8, 4) is 16.9 Å². The molecule has 11 heteroatoms. The van der Waals surface area contributed by atoms with Crippen LogP contribution in [0.1, 0.15) is 20.8 Å². The van der Waals surface area contributed by atoms with E-state index in [9.17, 15) is 18.3 Å². The number of hydrogen-bond donors (Lipinski definition) is 2. The summed E-state index contributed by atoms with van der Waals surface area (Å²) in [6.07, 6.45) is 2.25. The number of nitrogens with one attached hydrogen (secondary N) is 1. The van der Waals surface area contributed by atoms with E-state index < -0.39 is 21.5 Å². The number of phenolic OH excluding ortho intramolecular Hbond substituents is 1. The van der Waals surface area contributed by atoms with Gasteiger partial charge in [0.15, 0.2) is 0 Å². The van der Waals surface area contributed by atoms with Crippen LogP contribution < -0.4 is 5.32 Å². The zero-order valence-corrected chi connectivity index (χ0v) is 22.0. The molecule has 3 rings (SSSR count). The number of rotatable bonds is 6. The molecule has 0 aliphatic heterocycles. The van der Waals surface area contributed by atoms with Crippen molar-refractivity contribution in [2.24, 2.45) is 4.99 Å². The van der Waals surface area contributed by atoms with Crippen LogP contribution in [0.5, 0.6) is 5.75 Å². The van der Waals surface area contributed by atoms with Gasteiger partial charge in [-0.2, -0.15) is 0 Å². The molecule has 0 spiro atoms. The lowest BCUT2D eigenvalue weighted by molar-refractivity contribution is 0.0565. The van der Waals surface area contributed by atoms with E-state index in [0.29, 0.717) is 25.4 Å². The summed E-state index contributed by atoms with van der Waals surface area (Å²) in [5, 5.41) is 13.5. The average Bonchev–Trinajstić information content (AvgIpc) is 3.16. The third-order valence-corrected chi connectivity index (χ3v) is 8.81. The number of hydrogen-bond acceptors (Lipinski definition) is 8. The molecule has 0 radical (unpaired) electrons. The lowest BCUT2D eigenvalue weighted by atomic mass is 10.1. The Hall–Kier alpha value is -2.53. The Kier molecular flexibility index (Phi) is 7.97. The lowest BCUT2D eigenvalue weighted by Gasteiger charge is -2.18. The topological polar surface area (TPSA) is 105 Å². The smallest absolute Gasteiger partial charge is 0.412 e. The number of carbonyl (C=O) groups excluding carboxylic acids is 1. The summed E-state index contributed by atoms with van der Waals surface area (Å²) in [6.45, 7) is 5.22. The lowest BCUT2D eigenvalue weighted by Crippen LogP contribution is -2.31. The fraction of sp³-hybridized carbons (Fsp3) is 0.217. The second kappa shape index (κ2) is 10.4. The second-order valence-electron chi connectivity index (χ2n) is 8.04. The number of phenols is 1. The first-order valence-corrected chi connectivity index (χ1v) is 13.8. The van der Waals surface area contributed by atoms with Crippen molar-refractivity contribution in [1.29, 1.82) is 0 Å². The van der Waals surface area contributed by atoms with Crippen LogP contribution >= 0.6 is 34.7 Å². The van der Waals surface area contributed by atoms with Crippen LogP contribution in [-0.4, -0.2) is 37.8 Å². The zero-order valence-electron chi connectivity index (χ0n) is 18.8. The van der Waals surface area contributed by atoms with Crippen molar-refractivity contribution in [2.45, 2.75) is 40.4 Å². The van der Waals surface area contributed by atoms with Crippen LogP contribution in [0.2, 0.25) is 5.02 Å². The summed E-state index contributed by atoms with van der Waals surface area (Å²) in [4.78, 5) is 15.9. The Morgan fingerprint density at radius 2 is 1.91 bits per heavy atom. The van der Waals surface area contributed by atoms with Gasteiger partial charge >= 0.3 is 6.09 Å². The molecule has 3 aromatic rings. The molecule has 0 saturated heterocycles. The largest absolute Gasteiger partial charge is 0.508 e. The molecule has 1 amide bonds. The molecule has 180 valence electrons. The molecule has 0 unspecified atom stereocenters. The molecule has 0 bridgehead atoms. The highest BCUT2D eigenvalue weighted by atomic mass is 35.5. The molecule has 2 aromatic carbocycles. The van der Waals surface area contributed by atoms with Crippen LogP contribution in [-0.2, 0) is 14.6 Å². The SMILES string of the molecule is CSc1sc(/N=C/NC(=O)OC(C)(C)C)cc1S(=O)(=O)c1cc(O)cc(-c2ccccc2Cl)c1. The minimum Gasteiger partial charge on any atom is -0.508 e. The molecule has 0 fully saturated rings. The van der Waals surface area contributed by atoms with Crippen LogP contribution in [0, 0.1) is 0 Å². The van der Waals surface area contributed by atoms with Crippen LogP contribution in [0.25, 0.3) is 11.1 Å². The molecule has 0 aliphatic carbocycles. The number of sulfone groups is 1. The maximum atomic E-state index is 13.5. The normalized spacial score (nSPS) is 12.1. The van der Waals surface area contributed by atoms with E-state index in [4.69, 9.17) is 16.3 Å². The monoisotopic (exact) mass is 538 g/mol. The van der Waals surface area contributed by atoms with E-state index in [-0.39, 0.29) is 15.5 Å². The quantitative estimate of drug-likeness (QED) is 0.210. The molecule has 1 aromatic heterocycles. The van der Waals surface area contributed by atoms with Gasteiger partial charge in [0.2, 0.25) is 9.84 Å². The summed E-state index contributed by atoms with van der Waals surface area (Å²) in [5.74, 6) is -0.197. The van der Waals surface area contributed by atoms with E-state index in [2.05, 4.69) is 10.3 Å². The van der Waals surface area contributed by atoms with Gasteiger partial charge in [-0.25, -0.2) is 18.2 Å². The number of aliphatic imine (C=N–C) groups is 1. The number of amides is 1. The molecule has 0 saturated carbocycles. The van der Waals surface area contributed by atoms with E-state index in [1.54, 1.807) is 51.3 Å². The molecular weight excluding hydrogens is 516 g/mol. The Labute approximate surface area is 211 Å². The first kappa shape index (κ1) is 26.1. The first-order chi connectivity index (χ1) is 15.9. The van der Waals surface area contributed by atoms with E-state index >= 15 is 0 Å². The molecule has 0 atom stereocenters. The number of thioether (sulfide) groups is 1. The number of ether oxygens (including phenoxy) is 1. The number of aromatic hydroxyl groups is 1. The van der Waals surface area contributed by atoms with Gasteiger partial charge in [0.25, 0.3) is 0 Å². The van der Waals surface area contributed by atoms with Gasteiger partial charge in [-0.05, 0) is 62.9 Å². The zero-order chi connectivity index (χ0) is 25.1. The number of alkyl carbamates (subject to hydrolysis) is 1. The number of benzene rings is 2. The molecular formula is C23H23ClN2O5S3. The number of nitrogens with zero attached hydrogens (tertiary/aromatic N) is 1. The average molecular weight is 539 g/mol. The van der Waals surface area contributed by atoms with Gasteiger partial charge < -0.3 is 9.84 Å². The third-order valence-electron chi connectivity index (χ3n) is 4.29. The standard InChI is InChI=1S/C23H23ClN2O5S3/c1-23(2,3)31-22(28)26-13-25-20-12-19(21(32-4)33-20)34(29,30)16-10-14(9-15(27)11-16)17-7-5-6-8-18(17)24/h5-13,27H,1-4H3,(H,25,26,28). The summed E-state index contributed by atoms with van der Waals surface area (Å²) in [5.41, 5.74) is 0.424. The summed E-state index contributed by atoms with van der Waals surface area (Å²) in [6, 6.07) is 12.5. The summed E-state index contributed by atoms with van der Waals surface area (Å²) < 4.78 is 32.6. The Balaban J connectivity index is 1.94. The molecule has 0 aliphatic rings. The highest BCUT2D eigenvalue weighted by Gasteiger charge is 2.26. The molecule has 7 nitrogen and oxygen atoms in total. The molecule has 34 heavy (non-hydrogen) atoms. The van der Waals surface area contributed by atoms with Gasteiger partial charge in [0.05, 0.1) is 20.3 Å². The van der Waals surface area contributed by atoms with Gasteiger partial charge in [-0.3, -0.25) is 5.32 Å². The summed E-state index contributed by atoms with van der Waals surface area (Å²) >= 11 is 8.69. The minimum absolute atomic E-state index is 0.0603. The molecule has 2 N–H and O–H groups in total.